The van der Waals surface area contributed by atoms with Crippen LogP contribution >= 0.6 is 46.4 Å². The normalized spacial score (nSPS) is 11.6. The number of aromatic nitrogens is 4. The Bertz CT molecular complexity index is 1120. The smallest absolute Gasteiger partial charge is 0.261 e. The van der Waals surface area contributed by atoms with Crippen LogP contribution in [0, 0.1) is 0 Å². The summed E-state index contributed by atoms with van der Waals surface area (Å²) in [4.78, 5) is -0.0470. The average molecular weight is 467 g/mol. The Labute approximate surface area is 175 Å². The lowest BCUT2D eigenvalue weighted by atomic mass is 10.1. The summed E-state index contributed by atoms with van der Waals surface area (Å²) in [6.45, 7) is 0. The van der Waals surface area contributed by atoms with Crippen LogP contribution in [0.5, 0.6) is 0 Å². The van der Waals surface area contributed by atoms with Crippen LogP contribution in [0.3, 0.4) is 0 Å². The summed E-state index contributed by atoms with van der Waals surface area (Å²) >= 11 is 23.9. The molecule has 142 valence electrons. The minimum absolute atomic E-state index is 0.0470. The number of halogens is 4. The van der Waals surface area contributed by atoms with Crippen molar-refractivity contribution in [1.82, 2.24) is 20.2 Å². The molecule has 0 unspecified atom stereocenters. The second-order valence-electron chi connectivity index (χ2n) is 5.50. The van der Waals surface area contributed by atoms with Gasteiger partial charge in [-0.3, -0.25) is 4.72 Å². The Kier molecular flexibility index (Phi) is 5.83. The Morgan fingerprint density at radius 2 is 1.67 bits per heavy atom. The lowest BCUT2D eigenvalue weighted by Crippen LogP contribution is -2.15. The van der Waals surface area contributed by atoms with Gasteiger partial charge in [-0.05, 0) is 46.3 Å². The Morgan fingerprint density at radius 3 is 2.30 bits per heavy atom. The van der Waals surface area contributed by atoms with E-state index in [1.54, 1.807) is 13.1 Å². The predicted octanol–water partition coefficient (Wildman–Crippen LogP) is 4.22. The number of hydrogen-bond acceptors (Lipinski definition) is 5. The van der Waals surface area contributed by atoms with Gasteiger partial charge >= 0.3 is 0 Å². The van der Waals surface area contributed by atoms with E-state index in [0.717, 1.165) is 0 Å². The molecule has 0 saturated heterocycles. The van der Waals surface area contributed by atoms with Gasteiger partial charge in [0, 0.05) is 13.5 Å². The number of anilines is 1. The fourth-order valence-electron chi connectivity index (χ4n) is 2.25. The summed E-state index contributed by atoms with van der Waals surface area (Å²) in [5.74, 6) is 0.517. The van der Waals surface area contributed by atoms with Gasteiger partial charge in [0.05, 0.1) is 30.7 Å². The first-order valence-corrected chi connectivity index (χ1v) is 10.3. The van der Waals surface area contributed by atoms with Crippen LogP contribution in [0.25, 0.3) is 0 Å². The molecule has 0 fully saturated rings. The SMILES string of the molecule is Cn1nnnc1Cc1cc(Cl)c(Cl)cc1NS(=O)(=O)c1ccc(Cl)c(Cl)c1. The van der Waals surface area contributed by atoms with Gasteiger partial charge in [-0.1, -0.05) is 46.4 Å². The average Bonchev–Trinajstić information content (AvgIpc) is 2.99. The van der Waals surface area contributed by atoms with Crippen molar-refractivity contribution in [3.63, 3.8) is 0 Å². The van der Waals surface area contributed by atoms with E-state index < -0.39 is 10.0 Å². The summed E-state index contributed by atoms with van der Waals surface area (Å²) in [5.41, 5.74) is 0.796. The molecule has 0 radical (unpaired) electrons. The van der Waals surface area contributed by atoms with E-state index in [1.807, 2.05) is 0 Å². The van der Waals surface area contributed by atoms with Crippen LogP contribution in [-0.4, -0.2) is 28.6 Å². The maximum Gasteiger partial charge on any atom is 0.261 e. The molecule has 1 aromatic heterocycles. The standard InChI is InChI=1S/C15H11Cl4N5O2S/c1-24-15(20-22-23-24)5-8-4-11(17)13(19)7-14(8)21-27(25,26)9-2-3-10(16)12(18)6-9/h2-4,6-7,21H,5H2,1H3. The summed E-state index contributed by atoms with van der Waals surface area (Å²) in [7, 11) is -2.27. The molecule has 0 atom stereocenters. The van der Waals surface area contributed by atoms with Gasteiger partial charge in [0.15, 0.2) is 5.82 Å². The van der Waals surface area contributed by atoms with Crippen molar-refractivity contribution >= 4 is 62.1 Å². The molecule has 0 aliphatic carbocycles. The monoisotopic (exact) mass is 465 g/mol. The molecule has 12 heteroatoms. The number of nitrogens with one attached hydrogen (secondary N) is 1. The Balaban J connectivity index is 2.01. The third-order valence-corrected chi connectivity index (χ3v) is 6.47. The molecular weight excluding hydrogens is 456 g/mol. The molecule has 0 aliphatic heterocycles. The quantitative estimate of drug-likeness (QED) is 0.608. The zero-order valence-electron chi connectivity index (χ0n) is 13.6. The molecule has 0 saturated carbocycles. The fraction of sp³-hybridized carbons (Fsp3) is 0.133. The van der Waals surface area contributed by atoms with E-state index in [0.29, 0.717) is 11.4 Å². The van der Waals surface area contributed by atoms with Crippen LogP contribution in [-0.2, 0) is 23.5 Å². The maximum atomic E-state index is 12.7. The van der Waals surface area contributed by atoms with Crippen LogP contribution in [0.4, 0.5) is 5.69 Å². The highest BCUT2D eigenvalue weighted by Gasteiger charge is 2.19. The second kappa shape index (κ2) is 7.81. The number of nitrogens with zero attached hydrogens (tertiary/aromatic N) is 4. The first-order chi connectivity index (χ1) is 12.7. The third kappa shape index (κ3) is 4.47. The van der Waals surface area contributed by atoms with Crippen molar-refractivity contribution in [3.8, 4) is 0 Å². The maximum absolute atomic E-state index is 12.7. The van der Waals surface area contributed by atoms with E-state index in [-0.39, 0.29) is 37.1 Å². The molecule has 1 heterocycles. The Hall–Kier alpha value is -1.58. The van der Waals surface area contributed by atoms with Crippen molar-refractivity contribution < 1.29 is 8.42 Å². The van der Waals surface area contributed by atoms with Gasteiger partial charge in [-0.2, -0.15) is 0 Å². The lowest BCUT2D eigenvalue weighted by Gasteiger charge is -2.14. The molecule has 0 aliphatic rings. The molecule has 0 bridgehead atoms. The van der Waals surface area contributed by atoms with E-state index in [4.69, 9.17) is 46.4 Å². The zero-order valence-corrected chi connectivity index (χ0v) is 17.5. The Morgan fingerprint density at radius 1 is 1.00 bits per heavy atom. The third-order valence-electron chi connectivity index (χ3n) is 3.65. The van der Waals surface area contributed by atoms with E-state index in [9.17, 15) is 8.42 Å². The first kappa shape index (κ1) is 20.2. The summed E-state index contributed by atoms with van der Waals surface area (Å²) < 4.78 is 29.5. The zero-order chi connectivity index (χ0) is 19.8. The number of tetrazole rings is 1. The first-order valence-electron chi connectivity index (χ1n) is 7.34. The van der Waals surface area contributed by atoms with E-state index in [2.05, 4.69) is 20.2 Å². The summed E-state index contributed by atoms with van der Waals surface area (Å²) in [5, 5.41) is 12.1. The van der Waals surface area contributed by atoms with Crippen molar-refractivity contribution in [3.05, 3.63) is 61.8 Å². The molecule has 27 heavy (non-hydrogen) atoms. The molecule has 2 aromatic carbocycles. The number of benzene rings is 2. The summed E-state index contributed by atoms with van der Waals surface area (Å²) in [6.07, 6.45) is 0.236. The second-order valence-corrected chi connectivity index (χ2v) is 8.81. The molecule has 0 amide bonds. The van der Waals surface area contributed by atoms with Crippen molar-refractivity contribution in [1.29, 1.82) is 0 Å². The molecule has 3 rings (SSSR count). The topological polar surface area (TPSA) is 89.8 Å². The van der Waals surface area contributed by atoms with Gasteiger partial charge in [0.25, 0.3) is 10.0 Å². The largest absolute Gasteiger partial charge is 0.279 e. The molecule has 7 nitrogen and oxygen atoms in total. The minimum Gasteiger partial charge on any atom is -0.279 e. The molecule has 0 spiro atoms. The van der Waals surface area contributed by atoms with Gasteiger partial charge in [0.1, 0.15) is 0 Å². The highest BCUT2D eigenvalue weighted by atomic mass is 35.5. The number of rotatable bonds is 5. The fourth-order valence-corrected chi connectivity index (χ4v) is 4.08. The lowest BCUT2D eigenvalue weighted by molar-refractivity contribution is 0.601. The predicted molar refractivity (Wildman–Crippen MR) is 105 cm³/mol. The van der Waals surface area contributed by atoms with E-state index in [1.165, 1.54) is 28.9 Å². The van der Waals surface area contributed by atoms with Gasteiger partial charge in [-0.25, -0.2) is 13.1 Å². The minimum atomic E-state index is -3.95. The van der Waals surface area contributed by atoms with Crippen molar-refractivity contribution in [2.75, 3.05) is 4.72 Å². The van der Waals surface area contributed by atoms with Crippen LogP contribution < -0.4 is 4.72 Å². The summed E-state index contributed by atoms with van der Waals surface area (Å²) in [6, 6.07) is 7.00. The molecule has 3 aromatic rings. The van der Waals surface area contributed by atoms with Crippen LogP contribution in [0.1, 0.15) is 11.4 Å². The molecular formula is C15H11Cl4N5O2S. The van der Waals surface area contributed by atoms with Gasteiger partial charge in [-0.15, -0.1) is 5.10 Å². The number of sulfonamides is 1. The number of hydrogen-bond donors (Lipinski definition) is 1. The number of aryl methyl sites for hydroxylation is 1. The van der Waals surface area contributed by atoms with Crippen LogP contribution in [0.2, 0.25) is 20.1 Å². The highest BCUT2D eigenvalue weighted by molar-refractivity contribution is 7.92. The van der Waals surface area contributed by atoms with Crippen molar-refractivity contribution in [2.45, 2.75) is 11.3 Å². The molecule has 1 N–H and O–H groups in total. The van der Waals surface area contributed by atoms with E-state index >= 15 is 0 Å². The van der Waals surface area contributed by atoms with Crippen LogP contribution in [0.15, 0.2) is 35.2 Å². The van der Waals surface area contributed by atoms with Gasteiger partial charge < -0.3 is 0 Å². The van der Waals surface area contributed by atoms with Gasteiger partial charge in [0.2, 0.25) is 0 Å². The highest BCUT2D eigenvalue weighted by Crippen LogP contribution is 2.32. The van der Waals surface area contributed by atoms with Crippen molar-refractivity contribution in [2.24, 2.45) is 7.05 Å².